The van der Waals surface area contributed by atoms with Crippen molar-refractivity contribution in [2.75, 3.05) is 20.1 Å². The lowest BCUT2D eigenvalue weighted by molar-refractivity contribution is 0.0966. The van der Waals surface area contributed by atoms with Gasteiger partial charge in [0, 0.05) is 30.1 Å². The molecule has 0 aliphatic heterocycles. The van der Waals surface area contributed by atoms with Crippen LogP contribution in [0.25, 0.3) is 0 Å². The lowest BCUT2D eigenvalue weighted by Crippen LogP contribution is -2.27. The molecule has 0 aromatic heterocycles. The second kappa shape index (κ2) is 7.06. The maximum absolute atomic E-state index is 12.0. The number of hydrogen-bond acceptors (Lipinski definition) is 2. The van der Waals surface area contributed by atoms with Gasteiger partial charge in [0.1, 0.15) is 0 Å². The Morgan fingerprint density at radius 2 is 1.89 bits per heavy atom. The summed E-state index contributed by atoms with van der Waals surface area (Å²) in [6.07, 6.45) is 6.06. The molecule has 0 atom stereocenters. The molecule has 0 N–H and O–H groups in total. The Morgan fingerprint density at radius 1 is 1.26 bits per heavy atom. The molecule has 1 fully saturated rings. The molecule has 0 saturated heterocycles. The number of carbonyl (C=O) groups is 1. The third-order valence-electron chi connectivity index (χ3n) is 3.93. The van der Waals surface area contributed by atoms with E-state index < -0.39 is 0 Å². The van der Waals surface area contributed by atoms with Gasteiger partial charge in [0.25, 0.3) is 0 Å². The van der Waals surface area contributed by atoms with E-state index in [0.29, 0.717) is 11.4 Å². The summed E-state index contributed by atoms with van der Waals surface area (Å²) >= 11 is 5.82. The third-order valence-corrected chi connectivity index (χ3v) is 4.18. The molecule has 1 aromatic rings. The number of hydrogen-bond donors (Lipinski definition) is 0. The standard InChI is InChI=1S/C16H22ClNO/c1-18(12-13-4-2-3-5-13)11-10-16(19)14-6-8-15(17)9-7-14/h6-9,13H,2-5,10-12H2,1H3. The molecule has 0 amide bonds. The van der Waals surface area contributed by atoms with E-state index in [4.69, 9.17) is 11.6 Å². The molecule has 1 aliphatic carbocycles. The number of ketones is 1. The van der Waals surface area contributed by atoms with Crippen LogP contribution in [-0.4, -0.2) is 30.8 Å². The van der Waals surface area contributed by atoms with Gasteiger partial charge >= 0.3 is 0 Å². The second-order valence-electron chi connectivity index (χ2n) is 5.59. The molecule has 0 heterocycles. The lowest BCUT2D eigenvalue weighted by Gasteiger charge is -2.20. The van der Waals surface area contributed by atoms with Gasteiger partial charge in [-0.15, -0.1) is 0 Å². The first-order valence-corrected chi connectivity index (χ1v) is 7.50. The highest BCUT2D eigenvalue weighted by Crippen LogP contribution is 2.25. The van der Waals surface area contributed by atoms with Crippen molar-refractivity contribution in [3.63, 3.8) is 0 Å². The zero-order valence-electron chi connectivity index (χ0n) is 11.6. The van der Waals surface area contributed by atoms with Gasteiger partial charge in [-0.3, -0.25) is 4.79 Å². The molecule has 19 heavy (non-hydrogen) atoms. The van der Waals surface area contributed by atoms with Gasteiger partial charge in [-0.25, -0.2) is 0 Å². The van der Waals surface area contributed by atoms with Crippen LogP contribution in [-0.2, 0) is 0 Å². The van der Waals surface area contributed by atoms with Crippen LogP contribution in [0.4, 0.5) is 0 Å². The molecule has 0 radical (unpaired) electrons. The normalized spacial score (nSPS) is 16.2. The molecule has 0 unspecified atom stereocenters. The SMILES string of the molecule is CN(CCC(=O)c1ccc(Cl)cc1)CC1CCCC1. The highest BCUT2D eigenvalue weighted by molar-refractivity contribution is 6.30. The topological polar surface area (TPSA) is 20.3 Å². The van der Waals surface area contributed by atoms with Gasteiger partial charge in [0.15, 0.2) is 5.78 Å². The predicted molar refractivity (Wildman–Crippen MR) is 79.9 cm³/mol. The molecule has 3 heteroatoms. The number of nitrogens with zero attached hydrogens (tertiary/aromatic N) is 1. The zero-order chi connectivity index (χ0) is 13.7. The Bertz CT molecular complexity index is 409. The van der Waals surface area contributed by atoms with E-state index in [-0.39, 0.29) is 5.78 Å². The molecule has 2 nitrogen and oxygen atoms in total. The maximum Gasteiger partial charge on any atom is 0.164 e. The van der Waals surface area contributed by atoms with E-state index in [1.807, 2.05) is 12.1 Å². The first-order valence-electron chi connectivity index (χ1n) is 7.12. The fourth-order valence-corrected chi connectivity index (χ4v) is 2.92. The van der Waals surface area contributed by atoms with Crippen molar-refractivity contribution in [3.05, 3.63) is 34.9 Å². The minimum atomic E-state index is 0.204. The Balaban J connectivity index is 1.74. The molecule has 1 aromatic carbocycles. The Labute approximate surface area is 120 Å². The van der Waals surface area contributed by atoms with Gasteiger partial charge in [-0.1, -0.05) is 24.4 Å². The van der Waals surface area contributed by atoms with E-state index in [2.05, 4.69) is 11.9 Å². The summed E-state index contributed by atoms with van der Waals surface area (Å²) in [6.45, 7) is 1.98. The Morgan fingerprint density at radius 3 is 2.53 bits per heavy atom. The van der Waals surface area contributed by atoms with Gasteiger partial charge in [-0.2, -0.15) is 0 Å². The number of Topliss-reactive ketones (excluding diaryl/α,β-unsaturated/α-hetero) is 1. The monoisotopic (exact) mass is 279 g/mol. The average molecular weight is 280 g/mol. The van der Waals surface area contributed by atoms with Crippen LogP contribution < -0.4 is 0 Å². The summed E-state index contributed by atoms with van der Waals surface area (Å²) in [6, 6.07) is 7.16. The van der Waals surface area contributed by atoms with Crippen molar-refractivity contribution < 1.29 is 4.79 Å². The summed E-state index contributed by atoms with van der Waals surface area (Å²) < 4.78 is 0. The van der Waals surface area contributed by atoms with Crippen molar-refractivity contribution in [3.8, 4) is 0 Å². The van der Waals surface area contributed by atoms with Crippen LogP contribution in [0.1, 0.15) is 42.5 Å². The van der Waals surface area contributed by atoms with Crippen molar-refractivity contribution in [1.82, 2.24) is 4.90 Å². The molecular formula is C16H22ClNO. The van der Waals surface area contributed by atoms with Crippen LogP contribution in [0.3, 0.4) is 0 Å². The van der Waals surface area contributed by atoms with Crippen molar-refractivity contribution in [2.24, 2.45) is 5.92 Å². The average Bonchev–Trinajstić information content (AvgIpc) is 2.89. The first-order chi connectivity index (χ1) is 9.15. The highest BCUT2D eigenvalue weighted by atomic mass is 35.5. The lowest BCUT2D eigenvalue weighted by atomic mass is 10.1. The van der Waals surface area contributed by atoms with Gasteiger partial charge < -0.3 is 4.90 Å². The summed E-state index contributed by atoms with van der Waals surface area (Å²) in [5, 5.41) is 0.676. The molecule has 0 bridgehead atoms. The van der Waals surface area contributed by atoms with Crippen molar-refractivity contribution in [2.45, 2.75) is 32.1 Å². The summed E-state index contributed by atoms with van der Waals surface area (Å²) in [5.41, 5.74) is 0.763. The fraction of sp³-hybridized carbons (Fsp3) is 0.562. The third kappa shape index (κ3) is 4.63. The number of carbonyl (C=O) groups excluding carboxylic acids is 1. The quantitative estimate of drug-likeness (QED) is 0.733. The smallest absolute Gasteiger partial charge is 0.164 e. The van der Waals surface area contributed by atoms with Crippen LogP contribution in [0.2, 0.25) is 5.02 Å². The number of halogens is 1. The molecule has 1 saturated carbocycles. The molecule has 0 spiro atoms. The van der Waals surface area contributed by atoms with E-state index in [0.717, 1.165) is 24.6 Å². The minimum Gasteiger partial charge on any atom is -0.306 e. The van der Waals surface area contributed by atoms with Crippen LogP contribution in [0.15, 0.2) is 24.3 Å². The van der Waals surface area contributed by atoms with Gasteiger partial charge in [0.2, 0.25) is 0 Å². The molecule has 104 valence electrons. The zero-order valence-corrected chi connectivity index (χ0v) is 12.3. The van der Waals surface area contributed by atoms with Gasteiger partial charge in [-0.05, 0) is 50.1 Å². The maximum atomic E-state index is 12.0. The molecular weight excluding hydrogens is 258 g/mol. The van der Waals surface area contributed by atoms with E-state index >= 15 is 0 Å². The Hall–Kier alpha value is -0.860. The molecule has 2 rings (SSSR count). The van der Waals surface area contributed by atoms with Crippen LogP contribution in [0, 0.1) is 5.92 Å². The fourth-order valence-electron chi connectivity index (χ4n) is 2.80. The minimum absolute atomic E-state index is 0.204. The summed E-state index contributed by atoms with van der Waals surface area (Å²) in [4.78, 5) is 14.3. The summed E-state index contributed by atoms with van der Waals surface area (Å²) in [5.74, 6) is 1.05. The number of benzene rings is 1. The van der Waals surface area contributed by atoms with Crippen molar-refractivity contribution >= 4 is 17.4 Å². The van der Waals surface area contributed by atoms with Crippen LogP contribution in [0.5, 0.6) is 0 Å². The Kier molecular flexibility index (Phi) is 5.41. The number of rotatable bonds is 6. The van der Waals surface area contributed by atoms with Gasteiger partial charge in [0.05, 0.1) is 0 Å². The largest absolute Gasteiger partial charge is 0.306 e. The first kappa shape index (κ1) is 14.5. The second-order valence-corrected chi connectivity index (χ2v) is 6.03. The highest BCUT2D eigenvalue weighted by Gasteiger charge is 2.17. The van der Waals surface area contributed by atoms with E-state index in [9.17, 15) is 4.79 Å². The van der Waals surface area contributed by atoms with Crippen LogP contribution >= 0.6 is 11.6 Å². The van der Waals surface area contributed by atoms with E-state index in [1.165, 1.54) is 25.7 Å². The molecule has 1 aliphatic rings. The van der Waals surface area contributed by atoms with E-state index in [1.54, 1.807) is 12.1 Å². The predicted octanol–water partition coefficient (Wildman–Crippen LogP) is 4.03. The summed E-state index contributed by atoms with van der Waals surface area (Å²) in [7, 11) is 2.12. The van der Waals surface area contributed by atoms with Crippen molar-refractivity contribution in [1.29, 1.82) is 0 Å².